The molecule has 0 fully saturated rings. The van der Waals surface area contributed by atoms with Gasteiger partial charge in [0.15, 0.2) is 0 Å². The van der Waals surface area contributed by atoms with Crippen LogP contribution in [-0.2, 0) is 35.2 Å². The first kappa shape index (κ1) is 28.7. The number of aliphatic hydroxyl groups is 1. The lowest BCUT2D eigenvalue weighted by Gasteiger charge is -2.23. The van der Waals surface area contributed by atoms with Gasteiger partial charge in [-0.05, 0) is 11.6 Å². The summed E-state index contributed by atoms with van der Waals surface area (Å²) in [6, 6.07) is 0.477. The normalized spacial score (nSPS) is 14.1. The van der Waals surface area contributed by atoms with E-state index in [1.54, 1.807) is 30.5 Å². The Morgan fingerprint density at radius 2 is 1.32 bits per heavy atom. The molecule has 0 saturated heterocycles. The summed E-state index contributed by atoms with van der Waals surface area (Å²) in [5, 5.41) is 43.8. The third-order valence-corrected chi connectivity index (χ3v) is 5.27. The molecule has 2 aromatic rings. The largest absolute Gasteiger partial charge is 0.481 e. The zero-order valence-electron chi connectivity index (χ0n) is 19.3. The van der Waals surface area contributed by atoms with Crippen molar-refractivity contribution in [2.75, 3.05) is 6.61 Å². The lowest BCUT2D eigenvalue weighted by Crippen LogP contribution is -2.58. The lowest BCUT2D eigenvalue weighted by atomic mass is 10.0. The smallest absolute Gasteiger partial charge is 0.326 e. The number of nitrogens with two attached hydrogens (primary N) is 1. The van der Waals surface area contributed by atoms with E-state index >= 15 is 0 Å². The van der Waals surface area contributed by atoms with Gasteiger partial charge in [0.2, 0.25) is 17.7 Å². The van der Waals surface area contributed by atoms with Crippen LogP contribution in [0.5, 0.6) is 0 Å². The molecule has 0 bridgehead atoms. The number of aromatic nitrogens is 1. The number of carbonyl (C=O) groups excluding carboxylic acids is 3. The van der Waals surface area contributed by atoms with Crippen LogP contribution in [0.1, 0.15) is 18.4 Å². The number of nitrogens with one attached hydrogen (secondary N) is 4. The molecule has 37 heavy (non-hydrogen) atoms. The second-order valence-corrected chi connectivity index (χ2v) is 8.07. The fourth-order valence-corrected chi connectivity index (χ4v) is 3.39. The number of carboxylic acid groups (broad SMARTS) is 3. The fourth-order valence-electron chi connectivity index (χ4n) is 3.39. The number of aliphatic hydroxyl groups excluding tert-OH is 1. The standard InChI is InChI=1S/C22H27N5O10/c23-12(9-28)19(33)25-14(6-17(29)30)20(34)26-15(7-18(31)32)21(35)27-16(22(36)37)5-10-8-24-13-4-2-1-3-11(10)13/h1-4,8,12,14-16,24,28H,5-7,9,23H2,(H,25,33)(H,26,34)(H,27,35)(H,29,30)(H,31,32)(H,36,37). The number of benzene rings is 1. The maximum atomic E-state index is 12.8. The minimum Gasteiger partial charge on any atom is -0.481 e. The van der Waals surface area contributed by atoms with Crippen molar-refractivity contribution in [1.29, 1.82) is 0 Å². The first-order valence-electron chi connectivity index (χ1n) is 10.9. The quantitative estimate of drug-likeness (QED) is 0.126. The van der Waals surface area contributed by atoms with Gasteiger partial charge >= 0.3 is 17.9 Å². The van der Waals surface area contributed by atoms with Crippen LogP contribution in [0.25, 0.3) is 10.9 Å². The molecule has 1 aromatic carbocycles. The van der Waals surface area contributed by atoms with E-state index in [1.165, 1.54) is 0 Å². The SMILES string of the molecule is NC(CO)C(=O)NC(CC(=O)O)C(=O)NC(CC(=O)O)C(=O)NC(Cc1c[nH]c2ccccc12)C(=O)O. The van der Waals surface area contributed by atoms with Gasteiger partial charge in [-0.3, -0.25) is 24.0 Å². The topological polar surface area (TPSA) is 261 Å². The van der Waals surface area contributed by atoms with Crippen LogP contribution in [0.3, 0.4) is 0 Å². The maximum Gasteiger partial charge on any atom is 0.326 e. The minimum absolute atomic E-state index is 0.171. The third-order valence-electron chi connectivity index (χ3n) is 5.27. The zero-order chi connectivity index (χ0) is 27.7. The summed E-state index contributed by atoms with van der Waals surface area (Å²) in [5.41, 5.74) is 6.64. The maximum absolute atomic E-state index is 12.8. The number of carboxylic acids is 3. The molecule has 1 heterocycles. The molecular formula is C22H27N5O10. The van der Waals surface area contributed by atoms with Crippen molar-refractivity contribution in [2.24, 2.45) is 5.73 Å². The van der Waals surface area contributed by atoms with Crippen molar-refractivity contribution < 1.29 is 49.2 Å². The van der Waals surface area contributed by atoms with Crippen molar-refractivity contribution in [3.05, 3.63) is 36.0 Å². The lowest BCUT2D eigenvalue weighted by molar-refractivity contribution is -0.145. The average Bonchev–Trinajstić information content (AvgIpc) is 3.24. The molecular weight excluding hydrogens is 494 g/mol. The van der Waals surface area contributed by atoms with E-state index in [2.05, 4.69) is 10.3 Å². The van der Waals surface area contributed by atoms with Gasteiger partial charge < -0.3 is 47.1 Å². The van der Waals surface area contributed by atoms with Gasteiger partial charge in [-0.25, -0.2) is 4.79 Å². The highest BCUT2D eigenvalue weighted by molar-refractivity contribution is 5.97. The second-order valence-electron chi connectivity index (χ2n) is 8.07. The third kappa shape index (κ3) is 8.29. The average molecular weight is 521 g/mol. The molecule has 0 aliphatic rings. The Hall–Kier alpha value is -4.50. The first-order chi connectivity index (χ1) is 17.4. The molecule has 200 valence electrons. The van der Waals surface area contributed by atoms with Crippen LogP contribution in [0, 0.1) is 0 Å². The Kier molecular flexibility index (Phi) is 10.1. The van der Waals surface area contributed by atoms with E-state index in [4.69, 9.17) is 15.9 Å². The summed E-state index contributed by atoms with van der Waals surface area (Å²) < 4.78 is 0. The van der Waals surface area contributed by atoms with E-state index < -0.39 is 79.2 Å². The van der Waals surface area contributed by atoms with E-state index in [0.29, 0.717) is 10.9 Å². The molecule has 4 unspecified atom stereocenters. The van der Waals surface area contributed by atoms with Crippen LogP contribution in [0.15, 0.2) is 30.5 Å². The molecule has 4 atom stereocenters. The van der Waals surface area contributed by atoms with E-state index in [-0.39, 0.29) is 6.42 Å². The Morgan fingerprint density at radius 3 is 1.84 bits per heavy atom. The molecule has 0 saturated carbocycles. The molecule has 10 N–H and O–H groups in total. The predicted molar refractivity (Wildman–Crippen MR) is 125 cm³/mol. The molecule has 0 aliphatic heterocycles. The summed E-state index contributed by atoms with van der Waals surface area (Å²) in [6.07, 6.45) is -0.522. The van der Waals surface area contributed by atoms with Gasteiger partial charge in [0.05, 0.1) is 19.4 Å². The molecule has 15 heteroatoms. The van der Waals surface area contributed by atoms with Gasteiger partial charge in [-0.2, -0.15) is 0 Å². The highest BCUT2D eigenvalue weighted by Crippen LogP contribution is 2.19. The van der Waals surface area contributed by atoms with Crippen LogP contribution in [0.4, 0.5) is 0 Å². The molecule has 0 radical (unpaired) electrons. The predicted octanol–water partition coefficient (Wildman–Crippen LogP) is -2.48. The Morgan fingerprint density at radius 1 is 0.811 bits per heavy atom. The Labute approximate surface area is 209 Å². The molecule has 2 rings (SSSR count). The van der Waals surface area contributed by atoms with Gasteiger partial charge in [0, 0.05) is 23.5 Å². The number of H-pyrrole nitrogens is 1. The van der Waals surface area contributed by atoms with Crippen molar-refractivity contribution in [3.8, 4) is 0 Å². The summed E-state index contributed by atoms with van der Waals surface area (Å²) in [7, 11) is 0. The molecule has 0 spiro atoms. The summed E-state index contributed by atoms with van der Waals surface area (Å²) in [6.45, 7) is -0.801. The molecule has 1 aromatic heterocycles. The number of hydrogen-bond donors (Lipinski definition) is 9. The van der Waals surface area contributed by atoms with Crippen molar-refractivity contribution in [1.82, 2.24) is 20.9 Å². The number of aromatic amines is 1. The first-order valence-corrected chi connectivity index (χ1v) is 10.9. The van der Waals surface area contributed by atoms with E-state index in [1.807, 2.05) is 10.6 Å². The van der Waals surface area contributed by atoms with Crippen LogP contribution >= 0.6 is 0 Å². The second kappa shape index (κ2) is 13.0. The van der Waals surface area contributed by atoms with Crippen LogP contribution in [0.2, 0.25) is 0 Å². The van der Waals surface area contributed by atoms with Gasteiger partial charge in [0.1, 0.15) is 24.2 Å². The van der Waals surface area contributed by atoms with Crippen molar-refractivity contribution in [2.45, 2.75) is 43.4 Å². The number of fused-ring (bicyclic) bond motifs is 1. The van der Waals surface area contributed by atoms with Gasteiger partial charge in [-0.1, -0.05) is 18.2 Å². The van der Waals surface area contributed by atoms with Crippen LogP contribution in [-0.4, -0.2) is 91.8 Å². The van der Waals surface area contributed by atoms with E-state index in [0.717, 1.165) is 5.52 Å². The molecule has 3 amide bonds. The Bertz CT molecular complexity index is 1180. The molecule has 15 nitrogen and oxygen atoms in total. The van der Waals surface area contributed by atoms with Crippen molar-refractivity contribution in [3.63, 3.8) is 0 Å². The number of para-hydroxylation sites is 1. The minimum atomic E-state index is -1.81. The highest BCUT2D eigenvalue weighted by atomic mass is 16.4. The van der Waals surface area contributed by atoms with Crippen LogP contribution < -0.4 is 21.7 Å². The monoisotopic (exact) mass is 521 g/mol. The fraction of sp³-hybridized carbons (Fsp3) is 0.364. The van der Waals surface area contributed by atoms with Crippen molar-refractivity contribution >= 4 is 46.5 Å². The number of aliphatic carboxylic acids is 3. The number of carbonyl (C=O) groups is 6. The summed E-state index contributed by atoms with van der Waals surface area (Å²) in [4.78, 5) is 74.7. The Balaban J connectivity index is 2.20. The van der Waals surface area contributed by atoms with Gasteiger partial charge in [0.25, 0.3) is 0 Å². The molecule has 0 aliphatic carbocycles. The number of rotatable bonds is 14. The number of amides is 3. The van der Waals surface area contributed by atoms with Gasteiger partial charge in [-0.15, -0.1) is 0 Å². The zero-order valence-corrected chi connectivity index (χ0v) is 19.3. The highest BCUT2D eigenvalue weighted by Gasteiger charge is 2.32. The number of hydrogen-bond acceptors (Lipinski definition) is 8. The van der Waals surface area contributed by atoms with E-state index in [9.17, 15) is 39.0 Å². The summed E-state index contributed by atoms with van der Waals surface area (Å²) in [5.74, 6) is -7.91. The summed E-state index contributed by atoms with van der Waals surface area (Å²) >= 11 is 0.